The van der Waals surface area contributed by atoms with Crippen LogP contribution < -0.4 is 5.32 Å². The number of carbonyl (C=O) groups excluding carboxylic acids is 2. The molecule has 5 heteroatoms. The van der Waals surface area contributed by atoms with E-state index in [1.807, 2.05) is 12.1 Å². The largest absolute Gasteiger partial charge is 0.459 e. The Morgan fingerprint density at radius 2 is 2.05 bits per heavy atom. The van der Waals surface area contributed by atoms with Crippen molar-refractivity contribution < 1.29 is 14.3 Å². The van der Waals surface area contributed by atoms with E-state index in [4.69, 9.17) is 0 Å². The number of hydrogen-bond acceptors (Lipinski definition) is 3. The maximum absolute atomic E-state index is 11.4. The van der Waals surface area contributed by atoms with Gasteiger partial charge in [-0.15, -0.1) is 0 Å². The molecule has 21 heavy (non-hydrogen) atoms. The molecule has 112 valence electrons. The summed E-state index contributed by atoms with van der Waals surface area (Å²) in [6.07, 6.45) is 0.755. The van der Waals surface area contributed by atoms with Crippen LogP contribution in [0.5, 0.6) is 0 Å². The second-order valence-corrected chi connectivity index (χ2v) is 4.83. The summed E-state index contributed by atoms with van der Waals surface area (Å²) in [6.45, 7) is 5.19. The lowest BCUT2D eigenvalue weighted by Gasteiger charge is -2.09. The Labute approximate surface area is 123 Å². The Kier molecular flexibility index (Phi) is 4.98. The molecule has 1 aromatic carbocycles. The Balaban J connectivity index is 1.87. The number of hydrogen-bond donors (Lipinski definition) is 1. The van der Waals surface area contributed by atoms with Crippen LogP contribution in [-0.4, -0.2) is 29.6 Å². The quantitative estimate of drug-likeness (QED) is 0.520. The number of aromatic nitrogens is 1. The normalized spacial score (nSPS) is 10.6. The first-order valence-electron chi connectivity index (χ1n) is 7.13. The van der Waals surface area contributed by atoms with Crippen LogP contribution in [0.3, 0.4) is 0 Å². The summed E-state index contributed by atoms with van der Waals surface area (Å²) < 4.78 is 6.84. The van der Waals surface area contributed by atoms with Crippen molar-refractivity contribution in [2.24, 2.45) is 0 Å². The first-order valence-corrected chi connectivity index (χ1v) is 7.13. The molecule has 0 saturated carbocycles. The van der Waals surface area contributed by atoms with E-state index in [1.54, 1.807) is 6.92 Å². The van der Waals surface area contributed by atoms with Crippen LogP contribution in [0.1, 0.15) is 19.0 Å². The van der Waals surface area contributed by atoms with Gasteiger partial charge in [0.15, 0.2) is 0 Å². The maximum atomic E-state index is 11.4. The van der Waals surface area contributed by atoms with Crippen molar-refractivity contribution in [3.63, 3.8) is 0 Å². The van der Waals surface area contributed by atoms with Crippen LogP contribution in [0.2, 0.25) is 0 Å². The number of para-hydroxylation sites is 1. The summed E-state index contributed by atoms with van der Waals surface area (Å²) in [5, 5.41) is 3.78. The number of ether oxygens (including phenoxy) is 1. The SMILES string of the molecule is CCOC(=O)C(=O)NCCCn1c(C)cc2ccccc21. The van der Waals surface area contributed by atoms with E-state index >= 15 is 0 Å². The first-order chi connectivity index (χ1) is 10.1. The third-order valence-corrected chi connectivity index (χ3v) is 3.32. The number of rotatable bonds is 5. The molecule has 0 aliphatic carbocycles. The summed E-state index contributed by atoms with van der Waals surface area (Å²) in [5.41, 5.74) is 2.37. The van der Waals surface area contributed by atoms with Crippen molar-refractivity contribution in [3.05, 3.63) is 36.0 Å². The lowest BCUT2D eigenvalue weighted by atomic mass is 10.2. The highest BCUT2D eigenvalue weighted by Gasteiger charge is 2.13. The van der Waals surface area contributed by atoms with E-state index < -0.39 is 11.9 Å². The monoisotopic (exact) mass is 288 g/mol. The minimum absolute atomic E-state index is 0.209. The summed E-state index contributed by atoms with van der Waals surface area (Å²) >= 11 is 0. The van der Waals surface area contributed by atoms with Crippen LogP contribution in [0.25, 0.3) is 10.9 Å². The Bertz CT molecular complexity index is 646. The predicted octanol–water partition coefficient (Wildman–Crippen LogP) is 2.02. The van der Waals surface area contributed by atoms with Crippen LogP contribution >= 0.6 is 0 Å². The smallest absolute Gasteiger partial charge is 0.396 e. The molecule has 0 saturated heterocycles. The molecule has 0 fully saturated rings. The van der Waals surface area contributed by atoms with Crippen molar-refractivity contribution in [2.45, 2.75) is 26.8 Å². The van der Waals surface area contributed by atoms with Gasteiger partial charge in [-0.1, -0.05) is 18.2 Å². The van der Waals surface area contributed by atoms with Gasteiger partial charge in [0.1, 0.15) is 0 Å². The van der Waals surface area contributed by atoms with Crippen molar-refractivity contribution in [1.82, 2.24) is 9.88 Å². The Morgan fingerprint density at radius 1 is 1.29 bits per heavy atom. The van der Waals surface area contributed by atoms with Crippen molar-refractivity contribution in [2.75, 3.05) is 13.2 Å². The predicted molar refractivity (Wildman–Crippen MR) is 80.9 cm³/mol. The van der Waals surface area contributed by atoms with Crippen molar-refractivity contribution in [1.29, 1.82) is 0 Å². The fraction of sp³-hybridized carbons (Fsp3) is 0.375. The highest BCUT2D eigenvalue weighted by Crippen LogP contribution is 2.19. The lowest BCUT2D eigenvalue weighted by Crippen LogP contribution is -2.33. The molecule has 2 aromatic rings. The average molecular weight is 288 g/mol. The topological polar surface area (TPSA) is 60.3 Å². The second-order valence-electron chi connectivity index (χ2n) is 4.83. The van der Waals surface area contributed by atoms with Gasteiger partial charge in [0.2, 0.25) is 0 Å². The number of nitrogens with one attached hydrogen (secondary N) is 1. The maximum Gasteiger partial charge on any atom is 0.396 e. The molecule has 0 radical (unpaired) electrons. The fourth-order valence-corrected chi connectivity index (χ4v) is 2.35. The average Bonchev–Trinajstić information content (AvgIpc) is 2.79. The van der Waals surface area contributed by atoms with E-state index in [2.05, 4.69) is 39.7 Å². The van der Waals surface area contributed by atoms with Gasteiger partial charge in [0.25, 0.3) is 0 Å². The molecule has 0 spiro atoms. The van der Waals surface area contributed by atoms with E-state index in [0.717, 1.165) is 13.0 Å². The van der Waals surface area contributed by atoms with E-state index in [-0.39, 0.29) is 6.61 Å². The third kappa shape index (κ3) is 3.62. The zero-order valence-corrected chi connectivity index (χ0v) is 12.4. The Hall–Kier alpha value is -2.30. The molecule has 1 heterocycles. The standard InChI is InChI=1S/C16H20N2O3/c1-3-21-16(20)15(19)17-9-6-10-18-12(2)11-13-7-4-5-8-14(13)18/h4-5,7-8,11H,3,6,9-10H2,1-2H3,(H,17,19). The van der Waals surface area contributed by atoms with Crippen LogP contribution in [0.15, 0.2) is 30.3 Å². The van der Waals surface area contributed by atoms with Gasteiger partial charge in [-0.05, 0) is 37.8 Å². The number of aryl methyl sites for hydroxylation is 2. The minimum Gasteiger partial charge on any atom is -0.459 e. The summed E-state index contributed by atoms with van der Waals surface area (Å²) in [4.78, 5) is 22.5. The number of amides is 1. The summed E-state index contributed by atoms with van der Waals surface area (Å²) in [5.74, 6) is -1.49. The van der Waals surface area contributed by atoms with Crippen LogP contribution in [0, 0.1) is 6.92 Å². The lowest BCUT2D eigenvalue weighted by molar-refractivity contribution is -0.154. The molecule has 1 amide bonds. The molecule has 5 nitrogen and oxygen atoms in total. The van der Waals surface area contributed by atoms with Gasteiger partial charge >= 0.3 is 11.9 Å². The molecule has 2 rings (SSSR count). The molecule has 1 aromatic heterocycles. The van der Waals surface area contributed by atoms with Crippen molar-refractivity contribution >= 4 is 22.8 Å². The fourth-order valence-electron chi connectivity index (χ4n) is 2.35. The number of benzene rings is 1. The number of nitrogens with zero attached hydrogens (tertiary/aromatic N) is 1. The molecule has 0 bridgehead atoms. The van der Waals surface area contributed by atoms with Crippen molar-refractivity contribution in [3.8, 4) is 0 Å². The van der Waals surface area contributed by atoms with E-state index in [0.29, 0.717) is 6.54 Å². The number of fused-ring (bicyclic) bond motifs is 1. The van der Waals surface area contributed by atoms with Crippen LogP contribution in [-0.2, 0) is 20.9 Å². The highest BCUT2D eigenvalue weighted by molar-refractivity contribution is 6.32. The van der Waals surface area contributed by atoms with E-state index in [1.165, 1.54) is 16.6 Å². The zero-order valence-electron chi connectivity index (χ0n) is 12.4. The van der Waals surface area contributed by atoms with Crippen LogP contribution in [0.4, 0.5) is 0 Å². The third-order valence-electron chi connectivity index (χ3n) is 3.32. The number of carbonyl (C=O) groups is 2. The van der Waals surface area contributed by atoms with Gasteiger partial charge in [-0.25, -0.2) is 4.79 Å². The molecule has 0 aliphatic rings. The molecule has 0 atom stereocenters. The second kappa shape index (κ2) is 6.92. The van der Waals surface area contributed by atoms with Gasteiger partial charge in [-0.2, -0.15) is 0 Å². The molecule has 0 aliphatic heterocycles. The van der Waals surface area contributed by atoms with Gasteiger partial charge < -0.3 is 14.6 Å². The van der Waals surface area contributed by atoms with Gasteiger partial charge in [0, 0.05) is 24.3 Å². The molecular formula is C16H20N2O3. The first kappa shape index (κ1) is 15.1. The molecular weight excluding hydrogens is 268 g/mol. The molecule has 1 N–H and O–H groups in total. The summed E-state index contributed by atoms with van der Waals surface area (Å²) in [6, 6.07) is 10.3. The van der Waals surface area contributed by atoms with Gasteiger partial charge in [-0.3, -0.25) is 4.79 Å². The molecule has 0 unspecified atom stereocenters. The Morgan fingerprint density at radius 3 is 2.81 bits per heavy atom. The van der Waals surface area contributed by atoms with E-state index in [9.17, 15) is 9.59 Å². The minimum atomic E-state index is -0.819. The van der Waals surface area contributed by atoms with Gasteiger partial charge in [0.05, 0.1) is 6.61 Å². The summed E-state index contributed by atoms with van der Waals surface area (Å²) in [7, 11) is 0. The zero-order chi connectivity index (χ0) is 15.2. The highest BCUT2D eigenvalue weighted by atomic mass is 16.5. The number of esters is 1.